The lowest BCUT2D eigenvalue weighted by Gasteiger charge is -2.02. The van der Waals surface area contributed by atoms with E-state index >= 15 is 0 Å². The first-order valence-electron chi connectivity index (χ1n) is 4.19. The largest absolute Gasteiger partial charge is 0.439 e. The Morgan fingerprint density at radius 2 is 1.79 bits per heavy atom. The molecule has 70 valence electrons. The predicted octanol–water partition coefficient (Wildman–Crippen LogP) is 3.01. The van der Waals surface area contributed by atoms with Gasteiger partial charge in [0.1, 0.15) is 11.6 Å². The van der Waals surface area contributed by atoms with E-state index in [9.17, 15) is 4.39 Å². The van der Waals surface area contributed by atoms with Crippen molar-refractivity contribution in [3.05, 3.63) is 54.5 Å². The number of hydrogen-bond donors (Lipinski definition) is 0. The van der Waals surface area contributed by atoms with Crippen molar-refractivity contribution >= 4 is 0 Å². The number of ether oxygens (including phenoxy) is 1. The van der Waals surface area contributed by atoms with E-state index < -0.39 is 0 Å². The molecule has 0 aliphatic rings. The maximum absolute atomic E-state index is 12.5. The zero-order valence-corrected chi connectivity index (χ0v) is 7.35. The van der Waals surface area contributed by atoms with E-state index in [2.05, 4.69) is 4.98 Å². The highest BCUT2D eigenvalue weighted by atomic mass is 19.1. The molecule has 1 aromatic heterocycles. The van der Waals surface area contributed by atoms with E-state index in [0.717, 1.165) is 6.20 Å². The van der Waals surface area contributed by atoms with E-state index in [0.29, 0.717) is 11.6 Å². The lowest BCUT2D eigenvalue weighted by molar-refractivity contribution is 0.459. The highest BCUT2D eigenvalue weighted by Gasteiger charge is 1.97. The Bertz CT molecular complexity index is 399. The average Bonchev–Trinajstić information content (AvgIpc) is 2.23. The molecule has 0 saturated carbocycles. The molecule has 0 unspecified atom stereocenters. The molecule has 0 atom stereocenters. The van der Waals surface area contributed by atoms with Crippen LogP contribution in [0.2, 0.25) is 0 Å². The second-order valence-corrected chi connectivity index (χ2v) is 2.73. The Morgan fingerprint density at radius 3 is 2.43 bits per heavy atom. The molecule has 0 N–H and O–H groups in total. The molecule has 2 aromatic rings. The molecule has 0 bridgehead atoms. The lowest BCUT2D eigenvalue weighted by atomic mass is 10.3. The number of hydrogen-bond acceptors (Lipinski definition) is 2. The summed E-state index contributed by atoms with van der Waals surface area (Å²) in [4.78, 5) is 3.78. The number of halogens is 1. The SMILES string of the molecule is Fc1ccc(Oc2ccccc2)nc1. The van der Waals surface area contributed by atoms with E-state index in [1.54, 1.807) is 0 Å². The molecular formula is C11H8FNO. The summed E-state index contributed by atoms with van der Waals surface area (Å²) >= 11 is 0. The fourth-order valence-electron chi connectivity index (χ4n) is 1.03. The van der Waals surface area contributed by atoms with Crippen molar-refractivity contribution in [3.8, 4) is 11.6 Å². The van der Waals surface area contributed by atoms with Crippen LogP contribution in [-0.4, -0.2) is 4.98 Å². The van der Waals surface area contributed by atoms with Gasteiger partial charge in [-0.3, -0.25) is 0 Å². The minimum absolute atomic E-state index is 0.370. The van der Waals surface area contributed by atoms with Gasteiger partial charge in [0.15, 0.2) is 0 Å². The van der Waals surface area contributed by atoms with Crippen LogP contribution >= 0.6 is 0 Å². The van der Waals surface area contributed by atoms with E-state index in [4.69, 9.17) is 4.74 Å². The number of para-hydroxylation sites is 1. The third-order valence-electron chi connectivity index (χ3n) is 1.67. The maximum Gasteiger partial charge on any atom is 0.219 e. The first-order valence-corrected chi connectivity index (χ1v) is 4.19. The molecule has 2 rings (SSSR count). The topological polar surface area (TPSA) is 22.1 Å². The monoisotopic (exact) mass is 189 g/mol. The molecule has 14 heavy (non-hydrogen) atoms. The summed E-state index contributed by atoms with van der Waals surface area (Å²) in [6.45, 7) is 0. The molecule has 2 nitrogen and oxygen atoms in total. The van der Waals surface area contributed by atoms with Crippen LogP contribution in [0, 0.1) is 5.82 Å². The van der Waals surface area contributed by atoms with Crippen LogP contribution < -0.4 is 4.74 Å². The van der Waals surface area contributed by atoms with E-state index in [-0.39, 0.29) is 5.82 Å². The molecule has 0 spiro atoms. The minimum atomic E-state index is -0.370. The maximum atomic E-state index is 12.5. The van der Waals surface area contributed by atoms with Gasteiger partial charge >= 0.3 is 0 Å². The van der Waals surface area contributed by atoms with Gasteiger partial charge in [0.25, 0.3) is 0 Å². The van der Waals surface area contributed by atoms with Crippen molar-refractivity contribution in [3.63, 3.8) is 0 Å². The molecule has 0 saturated heterocycles. The van der Waals surface area contributed by atoms with Crippen LogP contribution in [0.15, 0.2) is 48.7 Å². The Kier molecular flexibility index (Phi) is 2.40. The number of benzene rings is 1. The van der Waals surface area contributed by atoms with Crippen molar-refractivity contribution < 1.29 is 9.13 Å². The number of pyridine rings is 1. The molecule has 0 amide bonds. The Labute approximate surface area is 81.0 Å². The van der Waals surface area contributed by atoms with Crippen LogP contribution in [-0.2, 0) is 0 Å². The van der Waals surface area contributed by atoms with Gasteiger partial charge in [-0.05, 0) is 18.2 Å². The Morgan fingerprint density at radius 1 is 1.00 bits per heavy atom. The summed E-state index contributed by atoms with van der Waals surface area (Å²) in [7, 11) is 0. The highest BCUT2D eigenvalue weighted by Crippen LogP contribution is 2.17. The molecule has 3 heteroatoms. The fourth-order valence-corrected chi connectivity index (χ4v) is 1.03. The standard InChI is InChI=1S/C11H8FNO/c12-9-6-7-11(13-8-9)14-10-4-2-1-3-5-10/h1-8H. The van der Waals surface area contributed by atoms with Gasteiger partial charge in [0, 0.05) is 6.07 Å². The number of rotatable bonds is 2. The van der Waals surface area contributed by atoms with Crippen LogP contribution in [0.3, 0.4) is 0 Å². The predicted molar refractivity (Wildman–Crippen MR) is 50.7 cm³/mol. The second kappa shape index (κ2) is 3.87. The average molecular weight is 189 g/mol. The lowest BCUT2D eigenvalue weighted by Crippen LogP contribution is -1.87. The van der Waals surface area contributed by atoms with Gasteiger partial charge in [-0.1, -0.05) is 18.2 Å². The smallest absolute Gasteiger partial charge is 0.219 e. The van der Waals surface area contributed by atoms with Gasteiger partial charge in [-0.2, -0.15) is 0 Å². The van der Waals surface area contributed by atoms with Gasteiger partial charge in [-0.15, -0.1) is 0 Å². The summed E-state index contributed by atoms with van der Waals surface area (Å²) in [5.74, 6) is 0.703. The molecule has 0 aliphatic carbocycles. The third-order valence-corrected chi connectivity index (χ3v) is 1.67. The van der Waals surface area contributed by atoms with Crippen molar-refractivity contribution in [1.82, 2.24) is 4.98 Å². The molecular weight excluding hydrogens is 181 g/mol. The third kappa shape index (κ3) is 2.07. The van der Waals surface area contributed by atoms with Crippen molar-refractivity contribution in [2.24, 2.45) is 0 Å². The van der Waals surface area contributed by atoms with Crippen LogP contribution in [0.25, 0.3) is 0 Å². The Balaban J connectivity index is 2.16. The fraction of sp³-hybridized carbons (Fsp3) is 0. The zero-order valence-electron chi connectivity index (χ0n) is 7.35. The normalized spacial score (nSPS) is 9.79. The quantitative estimate of drug-likeness (QED) is 0.724. The van der Waals surface area contributed by atoms with Crippen LogP contribution in [0.5, 0.6) is 11.6 Å². The van der Waals surface area contributed by atoms with Gasteiger partial charge < -0.3 is 4.74 Å². The molecule has 1 aromatic carbocycles. The number of nitrogens with zero attached hydrogens (tertiary/aromatic N) is 1. The summed E-state index contributed by atoms with van der Waals surface area (Å²) in [6.07, 6.45) is 1.12. The molecule has 1 heterocycles. The molecule has 0 aliphatic heterocycles. The first-order chi connectivity index (χ1) is 6.84. The van der Waals surface area contributed by atoms with Gasteiger partial charge in [0.2, 0.25) is 5.88 Å². The van der Waals surface area contributed by atoms with Crippen molar-refractivity contribution in [1.29, 1.82) is 0 Å². The van der Waals surface area contributed by atoms with Crippen molar-refractivity contribution in [2.75, 3.05) is 0 Å². The minimum Gasteiger partial charge on any atom is -0.439 e. The van der Waals surface area contributed by atoms with Crippen LogP contribution in [0.1, 0.15) is 0 Å². The first kappa shape index (κ1) is 8.69. The molecule has 0 radical (unpaired) electrons. The summed E-state index contributed by atoms with van der Waals surface area (Å²) in [5, 5.41) is 0. The Hall–Kier alpha value is -1.90. The summed E-state index contributed by atoms with van der Waals surface area (Å²) in [5.41, 5.74) is 0. The van der Waals surface area contributed by atoms with E-state index in [1.165, 1.54) is 12.1 Å². The van der Waals surface area contributed by atoms with Gasteiger partial charge in [0.05, 0.1) is 6.20 Å². The number of aromatic nitrogens is 1. The second-order valence-electron chi connectivity index (χ2n) is 2.73. The zero-order chi connectivity index (χ0) is 9.80. The van der Waals surface area contributed by atoms with E-state index in [1.807, 2.05) is 30.3 Å². The van der Waals surface area contributed by atoms with Gasteiger partial charge in [-0.25, -0.2) is 9.37 Å². The summed E-state index contributed by atoms with van der Waals surface area (Å²) in [6, 6.07) is 12.0. The van der Waals surface area contributed by atoms with Crippen LogP contribution in [0.4, 0.5) is 4.39 Å². The summed E-state index contributed by atoms with van der Waals surface area (Å²) < 4.78 is 17.9. The highest BCUT2D eigenvalue weighted by molar-refractivity contribution is 5.26. The molecule has 0 fully saturated rings. The van der Waals surface area contributed by atoms with Crippen molar-refractivity contribution in [2.45, 2.75) is 0 Å².